The largest absolute Gasteiger partial charge is 0.392 e. The number of benzene rings is 1. The third-order valence-electron chi connectivity index (χ3n) is 3.79. The van der Waals surface area contributed by atoms with Crippen LogP contribution in [-0.2, 0) is 13.2 Å². The first-order valence-corrected chi connectivity index (χ1v) is 8.50. The lowest BCUT2D eigenvalue weighted by molar-refractivity contribution is 0.280. The van der Waals surface area contributed by atoms with E-state index in [4.69, 9.17) is 4.99 Å². The summed E-state index contributed by atoms with van der Waals surface area (Å²) in [5.74, 6) is 0.920. The molecule has 128 valence electrons. The van der Waals surface area contributed by atoms with Crippen molar-refractivity contribution >= 4 is 5.96 Å². The van der Waals surface area contributed by atoms with Gasteiger partial charge in [0.1, 0.15) is 0 Å². The van der Waals surface area contributed by atoms with E-state index in [-0.39, 0.29) is 6.61 Å². The van der Waals surface area contributed by atoms with Crippen LogP contribution in [0.5, 0.6) is 0 Å². The van der Waals surface area contributed by atoms with E-state index in [0.29, 0.717) is 6.54 Å². The molecule has 0 heterocycles. The van der Waals surface area contributed by atoms with Crippen LogP contribution in [-0.4, -0.2) is 36.1 Å². The van der Waals surface area contributed by atoms with Crippen molar-refractivity contribution < 1.29 is 5.11 Å². The third kappa shape index (κ3) is 7.33. The molecule has 0 aliphatic rings. The molecule has 1 aromatic rings. The predicted molar refractivity (Wildman–Crippen MR) is 98.5 cm³/mol. The normalized spacial score (nSPS) is 11.3. The zero-order chi connectivity index (χ0) is 16.9. The molecular formula is C19H31N3O. The van der Waals surface area contributed by atoms with E-state index >= 15 is 0 Å². The molecule has 0 radical (unpaired) electrons. The Morgan fingerprint density at radius 3 is 2.65 bits per heavy atom. The Kier molecular flexibility index (Phi) is 9.80. The van der Waals surface area contributed by atoms with E-state index in [1.54, 1.807) is 0 Å². The molecule has 0 amide bonds. The monoisotopic (exact) mass is 317 g/mol. The summed E-state index contributed by atoms with van der Waals surface area (Å²) in [7, 11) is 2.08. The standard InChI is InChI=1S/C19H31N3O/c1-4-6-7-8-11-14-22(3)19(20-5-2)21-15-17-12-9-10-13-18(17)16-23/h4,9-10,12-13,23H,1,5-8,11,14-16H2,2-3H3,(H,20,21). The maximum absolute atomic E-state index is 9.40. The van der Waals surface area contributed by atoms with E-state index in [1.807, 2.05) is 30.3 Å². The predicted octanol–water partition coefficient (Wildman–Crippen LogP) is 3.32. The Hall–Kier alpha value is -1.81. The van der Waals surface area contributed by atoms with Gasteiger partial charge in [0.15, 0.2) is 5.96 Å². The molecule has 0 saturated carbocycles. The highest BCUT2D eigenvalue weighted by atomic mass is 16.3. The molecule has 0 fully saturated rings. The number of aliphatic imine (C=N–C) groups is 1. The van der Waals surface area contributed by atoms with E-state index in [0.717, 1.165) is 43.0 Å². The summed E-state index contributed by atoms with van der Waals surface area (Å²) in [6, 6.07) is 7.90. The minimum Gasteiger partial charge on any atom is -0.392 e. The molecule has 23 heavy (non-hydrogen) atoms. The lowest BCUT2D eigenvalue weighted by atomic mass is 10.1. The summed E-state index contributed by atoms with van der Waals surface area (Å²) in [4.78, 5) is 6.89. The number of hydrogen-bond donors (Lipinski definition) is 2. The molecule has 4 heteroatoms. The van der Waals surface area contributed by atoms with Gasteiger partial charge in [-0.25, -0.2) is 4.99 Å². The van der Waals surface area contributed by atoms with Gasteiger partial charge in [-0.1, -0.05) is 36.8 Å². The van der Waals surface area contributed by atoms with Crippen LogP contribution in [0.1, 0.15) is 43.7 Å². The molecule has 4 nitrogen and oxygen atoms in total. The summed E-state index contributed by atoms with van der Waals surface area (Å²) in [6.45, 7) is 8.31. The van der Waals surface area contributed by atoms with Crippen LogP contribution in [0, 0.1) is 0 Å². The first-order chi connectivity index (χ1) is 11.2. The minimum atomic E-state index is 0.0569. The Morgan fingerprint density at radius 1 is 1.26 bits per heavy atom. The van der Waals surface area contributed by atoms with Gasteiger partial charge in [-0.15, -0.1) is 6.58 Å². The minimum absolute atomic E-state index is 0.0569. The van der Waals surface area contributed by atoms with Gasteiger partial charge in [-0.3, -0.25) is 0 Å². The fraction of sp³-hybridized carbons (Fsp3) is 0.526. The summed E-state index contributed by atoms with van der Waals surface area (Å²) >= 11 is 0. The highest BCUT2D eigenvalue weighted by Crippen LogP contribution is 2.10. The second-order valence-corrected chi connectivity index (χ2v) is 5.66. The van der Waals surface area contributed by atoms with Crippen molar-refractivity contribution in [1.82, 2.24) is 10.2 Å². The number of hydrogen-bond acceptors (Lipinski definition) is 2. The number of unbranched alkanes of at least 4 members (excludes halogenated alkanes) is 3. The van der Waals surface area contributed by atoms with E-state index in [1.165, 1.54) is 12.8 Å². The molecule has 0 unspecified atom stereocenters. The average Bonchev–Trinajstić information content (AvgIpc) is 2.58. The van der Waals surface area contributed by atoms with Gasteiger partial charge in [0.2, 0.25) is 0 Å². The number of rotatable bonds is 10. The molecule has 0 spiro atoms. The first-order valence-electron chi connectivity index (χ1n) is 8.50. The zero-order valence-corrected chi connectivity index (χ0v) is 14.6. The van der Waals surface area contributed by atoms with Crippen molar-refractivity contribution in [3.63, 3.8) is 0 Å². The van der Waals surface area contributed by atoms with Gasteiger partial charge in [0.05, 0.1) is 13.2 Å². The quantitative estimate of drug-likeness (QED) is 0.301. The summed E-state index contributed by atoms with van der Waals surface area (Å²) in [5, 5.41) is 12.7. The van der Waals surface area contributed by atoms with Crippen LogP contribution in [0.25, 0.3) is 0 Å². The zero-order valence-electron chi connectivity index (χ0n) is 14.6. The van der Waals surface area contributed by atoms with Gasteiger partial charge in [0, 0.05) is 20.1 Å². The molecule has 0 saturated heterocycles. The van der Waals surface area contributed by atoms with Crippen molar-refractivity contribution in [2.45, 2.75) is 45.8 Å². The highest BCUT2D eigenvalue weighted by molar-refractivity contribution is 5.79. The first kappa shape index (κ1) is 19.2. The summed E-state index contributed by atoms with van der Waals surface area (Å²) in [6.07, 6.45) is 6.64. The third-order valence-corrected chi connectivity index (χ3v) is 3.79. The van der Waals surface area contributed by atoms with Crippen LogP contribution in [0.2, 0.25) is 0 Å². The van der Waals surface area contributed by atoms with Gasteiger partial charge in [0.25, 0.3) is 0 Å². The number of guanidine groups is 1. The van der Waals surface area contributed by atoms with E-state index < -0.39 is 0 Å². The van der Waals surface area contributed by atoms with Crippen LogP contribution in [0.4, 0.5) is 0 Å². The maximum Gasteiger partial charge on any atom is 0.193 e. The summed E-state index contributed by atoms with van der Waals surface area (Å²) < 4.78 is 0. The molecule has 2 N–H and O–H groups in total. The second-order valence-electron chi connectivity index (χ2n) is 5.66. The van der Waals surface area contributed by atoms with E-state index in [2.05, 4.69) is 30.8 Å². The van der Waals surface area contributed by atoms with Crippen LogP contribution in [0.3, 0.4) is 0 Å². The number of aliphatic hydroxyl groups is 1. The Morgan fingerprint density at radius 2 is 2.00 bits per heavy atom. The Balaban J connectivity index is 2.59. The van der Waals surface area contributed by atoms with Gasteiger partial charge in [-0.05, 0) is 37.3 Å². The van der Waals surface area contributed by atoms with Crippen LogP contribution in [0.15, 0.2) is 41.9 Å². The van der Waals surface area contributed by atoms with Crippen molar-refractivity contribution in [2.24, 2.45) is 4.99 Å². The van der Waals surface area contributed by atoms with Crippen molar-refractivity contribution in [2.75, 3.05) is 20.1 Å². The number of aliphatic hydroxyl groups excluding tert-OH is 1. The van der Waals surface area contributed by atoms with E-state index in [9.17, 15) is 5.11 Å². The molecule has 0 aliphatic carbocycles. The summed E-state index contributed by atoms with van der Waals surface area (Å²) in [5.41, 5.74) is 2.02. The number of allylic oxidation sites excluding steroid dienone is 1. The molecule has 0 aromatic heterocycles. The molecule has 0 aliphatic heterocycles. The molecular weight excluding hydrogens is 286 g/mol. The Labute approximate surface area is 140 Å². The van der Waals surface area contributed by atoms with Crippen molar-refractivity contribution in [1.29, 1.82) is 0 Å². The van der Waals surface area contributed by atoms with Crippen molar-refractivity contribution in [3.8, 4) is 0 Å². The Bertz CT molecular complexity index is 485. The number of nitrogens with one attached hydrogen (secondary N) is 1. The lowest BCUT2D eigenvalue weighted by Gasteiger charge is -2.22. The SMILES string of the molecule is C=CCCCCCN(C)C(=NCc1ccccc1CO)NCC. The fourth-order valence-electron chi connectivity index (χ4n) is 2.42. The lowest BCUT2D eigenvalue weighted by Crippen LogP contribution is -2.39. The average molecular weight is 317 g/mol. The molecule has 0 bridgehead atoms. The fourth-order valence-corrected chi connectivity index (χ4v) is 2.42. The topological polar surface area (TPSA) is 47.9 Å². The van der Waals surface area contributed by atoms with Gasteiger partial charge >= 0.3 is 0 Å². The van der Waals surface area contributed by atoms with Crippen LogP contribution < -0.4 is 5.32 Å². The highest BCUT2D eigenvalue weighted by Gasteiger charge is 2.06. The number of nitrogens with zero attached hydrogens (tertiary/aromatic N) is 2. The molecule has 0 atom stereocenters. The smallest absolute Gasteiger partial charge is 0.193 e. The molecule has 1 aromatic carbocycles. The van der Waals surface area contributed by atoms with Gasteiger partial charge in [-0.2, -0.15) is 0 Å². The second kappa shape index (κ2) is 11.7. The van der Waals surface area contributed by atoms with Crippen LogP contribution >= 0.6 is 0 Å². The van der Waals surface area contributed by atoms with Crippen molar-refractivity contribution in [3.05, 3.63) is 48.0 Å². The molecule has 1 rings (SSSR count). The van der Waals surface area contributed by atoms with Gasteiger partial charge < -0.3 is 15.3 Å². The maximum atomic E-state index is 9.40.